The lowest BCUT2D eigenvalue weighted by molar-refractivity contribution is -0.137. The zero-order valence-electron chi connectivity index (χ0n) is 12.0. The van der Waals surface area contributed by atoms with Gasteiger partial charge < -0.3 is 14.6 Å². The van der Waals surface area contributed by atoms with Gasteiger partial charge in [0.25, 0.3) is 5.89 Å². The van der Waals surface area contributed by atoms with Crippen molar-refractivity contribution in [2.24, 2.45) is 0 Å². The smallest absolute Gasteiger partial charge is 0.303 e. The predicted molar refractivity (Wildman–Crippen MR) is 80.8 cm³/mol. The summed E-state index contributed by atoms with van der Waals surface area (Å²) in [5, 5.41) is 26.7. The van der Waals surface area contributed by atoms with Crippen molar-refractivity contribution in [2.45, 2.75) is 38.5 Å². The molecule has 0 aliphatic rings. The Kier molecular flexibility index (Phi) is 5.77. The molecular weight excluding hydrogens is 308 g/mol. The average molecular weight is 325 g/mol. The summed E-state index contributed by atoms with van der Waals surface area (Å²) >= 11 is 5.89. The molecule has 0 radical (unpaired) electrons. The number of phenolic OH excluding ortho intramolecular Hbond substituents is 1. The molecule has 0 saturated carbocycles. The number of unbranched alkanes of at least 4 members (excludes halogenated alkanes) is 3. The van der Waals surface area contributed by atoms with Crippen molar-refractivity contribution in [3.05, 3.63) is 29.1 Å². The van der Waals surface area contributed by atoms with Crippen LogP contribution in [-0.4, -0.2) is 26.4 Å². The third-order valence-corrected chi connectivity index (χ3v) is 3.42. The first-order valence-corrected chi connectivity index (χ1v) is 7.47. The molecule has 6 nitrogen and oxygen atoms in total. The molecule has 0 spiro atoms. The van der Waals surface area contributed by atoms with Crippen molar-refractivity contribution in [3.63, 3.8) is 0 Å². The number of nitrogens with zero attached hydrogens (tertiary/aromatic N) is 2. The number of rotatable bonds is 8. The first-order chi connectivity index (χ1) is 10.6. The van der Waals surface area contributed by atoms with Gasteiger partial charge in [-0.15, -0.1) is 10.2 Å². The van der Waals surface area contributed by atoms with E-state index in [0.717, 1.165) is 19.3 Å². The number of aryl methyl sites for hydroxylation is 1. The van der Waals surface area contributed by atoms with Gasteiger partial charge in [0.15, 0.2) is 0 Å². The Bertz CT molecular complexity index is 642. The lowest BCUT2D eigenvalue weighted by atomic mass is 10.1. The Morgan fingerprint density at radius 3 is 2.73 bits per heavy atom. The average Bonchev–Trinajstić information content (AvgIpc) is 2.93. The molecule has 118 valence electrons. The molecule has 0 amide bonds. The van der Waals surface area contributed by atoms with Crippen LogP contribution < -0.4 is 0 Å². The highest BCUT2D eigenvalue weighted by atomic mass is 35.5. The summed E-state index contributed by atoms with van der Waals surface area (Å²) in [6.07, 6.45) is 4.14. The number of halogens is 1. The highest BCUT2D eigenvalue weighted by Gasteiger charge is 2.13. The second-order valence-electron chi connectivity index (χ2n) is 4.97. The van der Waals surface area contributed by atoms with E-state index in [-0.39, 0.29) is 18.1 Å². The van der Waals surface area contributed by atoms with Gasteiger partial charge in [0.2, 0.25) is 5.89 Å². The molecule has 0 aliphatic carbocycles. The van der Waals surface area contributed by atoms with Gasteiger partial charge in [-0.05, 0) is 31.0 Å². The van der Waals surface area contributed by atoms with Crippen LogP contribution in [-0.2, 0) is 11.2 Å². The molecule has 1 aromatic heterocycles. The van der Waals surface area contributed by atoms with Crippen molar-refractivity contribution in [2.75, 3.05) is 0 Å². The first kappa shape index (κ1) is 16.3. The molecular formula is C15H17ClN2O4. The third kappa shape index (κ3) is 4.73. The number of aromatic hydroxyl groups is 1. The van der Waals surface area contributed by atoms with Gasteiger partial charge in [-0.2, -0.15) is 0 Å². The topological polar surface area (TPSA) is 96.5 Å². The molecule has 0 bridgehead atoms. The molecule has 7 heteroatoms. The van der Waals surface area contributed by atoms with Gasteiger partial charge in [0.05, 0.1) is 5.56 Å². The Hall–Kier alpha value is -2.08. The zero-order chi connectivity index (χ0) is 15.9. The van der Waals surface area contributed by atoms with E-state index in [4.69, 9.17) is 21.1 Å². The van der Waals surface area contributed by atoms with Crippen molar-refractivity contribution in [1.82, 2.24) is 10.2 Å². The Morgan fingerprint density at radius 1 is 1.18 bits per heavy atom. The van der Waals surface area contributed by atoms with E-state index >= 15 is 0 Å². The Morgan fingerprint density at radius 2 is 1.95 bits per heavy atom. The Labute approximate surface area is 132 Å². The normalized spacial score (nSPS) is 10.8. The summed E-state index contributed by atoms with van der Waals surface area (Å²) in [6, 6.07) is 4.62. The van der Waals surface area contributed by atoms with Crippen LogP contribution in [0.15, 0.2) is 22.6 Å². The van der Waals surface area contributed by atoms with E-state index in [0.29, 0.717) is 29.3 Å². The highest BCUT2D eigenvalue weighted by Crippen LogP contribution is 2.30. The number of carbonyl (C=O) groups is 1. The highest BCUT2D eigenvalue weighted by molar-refractivity contribution is 6.30. The van der Waals surface area contributed by atoms with Gasteiger partial charge in [-0.25, -0.2) is 0 Å². The minimum absolute atomic E-state index is 0.0354. The summed E-state index contributed by atoms with van der Waals surface area (Å²) in [5.41, 5.74) is 0.410. The Balaban J connectivity index is 1.84. The fraction of sp³-hybridized carbons (Fsp3) is 0.400. The largest absolute Gasteiger partial charge is 0.507 e. The van der Waals surface area contributed by atoms with Crippen LogP contribution in [0.2, 0.25) is 5.02 Å². The summed E-state index contributed by atoms with van der Waals surface area (Å²) in [7, 11) is 0. The molecule has 22 heavy (non-hydrogen) atoms. The molecule has 2 rings (SSSR count). The monoisotopic (exact) mass is 324 g/mol. The second kappa shape index (κ2) is 7.79. The fourth-order valence-corrected chi connectivity index (χ4v) is 2.22. The molecule has 2 aromatic rings. The number of hydrogen-bond acceptors (Lipinski definition) is 5. The van der Waals surface area contributed by atoms with E-state index in [1.807, 2.05) is 0 Å². The standard InChI is InChI=1S/C15H17ClN2O4/c16-10-7-8-12(19)11(9-10)15-18-17-13(22-15)5-3-1-2-4-6-14(20)21/h7-9,19H,1-6H2,(H,20,21). The molecule has 1 heterocycles. The van der Waals surface area contributed by atoms with Crippen LogP contribution >= 0.6 is 11.6 Å². The summed E-state index contributed by atoms with van der Waals surface area (Å²) < 4.78 is 5.52. The van der Waals surface area contributed by atoms with Crippen molar-refractivity contribution in [3.8, 4) is 17.2 Å². The molecule has 0 fully saturated rings. The van der Waals surface area contributed by atoms with Gasteiger partial charge in [0.1, 0.15) is 5.75 Å². The summed E-state index contributed by atoms with van der Waals surface area (Å²) in [6.45, 7) is 0. The maximum Gasteiger partial charge on any atom is 0.303 e. The van der Waals surface area contributed by atoms with Crippen LogP contribution in [0.1, 0.15) is 38.0 Å². The molecule has 0 unspecified atom stereocenters. The van der Waals surface area contributed by atoms with Gasteiger partial charge in [-0.1, -0.05) is 24.4 Å². The summed E-state index contributed by atoms with van der Waals surface area (Å²) in [5.74, 6) is 0.00429. The van der Waals surface area contributed by atoms with Crippen molar-refractivity contribution >= 4 is 17.6 Å². The third-order valence-electron chi connectivity index (χ3n) is 3.19. The van der Waals surface area contributed by atoms with Crippen LogP contribution in [0.25, 0.3) is 11.5 Å². The number of hydrogen-bond donors (Lipinski definition) is 2. The van der Waals surface area contributed by atoms with E-state index in [1.54, 1.807) is 12.1 Å². The lowest BCUT2D eigenvalue weighted by Gasteiger charge is -2.00. The minimum atomic E-state index is -0.761. The number of aliphatic carboxylic acids is 1. The van der Waals surface area contributed by atoms with Crippen molar-refractivity contribution < 1.29 is 19.4 Å². The van der Waals surface area contributed by atoms with Gasteiger partial charge in [0, 0.05) is 17.9 Å². The quantitative estimate of drug-likeness (QED) is 0.719. The maximum absolute atomic E-state index is 10.4. The minimum Gasteiger partial charge on any atom is -0.507 e. The molecule has 2 N–H and O–H groups in total. The number of carboxylic acid groups (broad SMARTS) is 1. The second-order valence-corrected chi connectivity index (χ2v) is 5.41. The number of carboxylic acids is 1. The SMILES string of the molecule is O=C(O)CCCCCCc1nnc(-c2cc(Cl)ccc2O)o1. The molecule has 0 aliphatic heterocycles. The lowest BCUT2D eigenvalue weighted by Crippen LogP contribution is -1.94. The molecule has 0 atom stereocenters. The number of aromatic nitrogens is 2. The van der Waals surface area contributed by atoms with Crippen LogP contribution in [0.3, 0.4) is 0 Å². The fourth-order valence-electron chi connectivity index (χ4n) is 2.05. The maximum atomic E-state index is 10.4. The van der Waals surface area contributed by atoms with Gasteiger partial charge >= 0.3 is 5.97 Å². The van der Waals surface area contributed by atoms with E-state index < -0.39 is 5.97 Å². The summed E-state index contributed by atoms with van der Waals surface area (Å²) in [4.78, 5) is 10.4. The van der Waals surface area contributed by atoms with E-state index in [9.17, 15) is 9.90 Å². The predicted octanol–water partition coefficient (Wildman–Crippen LogP) is 3.67. The van der Waals surface area contributed by atoms with Crippen LogP contribution in [0.5, 0.6) is 5.75 Å². The van der Waals surface area contributed by atoms with Gasteiger partial charge in [-0.3, -0.25) is 4.79 Å². The van der Waals surface area contributed by atoms with Crippen LogP contribution in [0.4, 0.5) is 0 Å². The number of benzene rings is 1. The first-order valence-electron chi connectivity index (χ1n) is 7.09. The number of phenols is 1. The molecule has 0 saturated heterocycles. The van der Waals surface area contributed by atoms with E-state index in [2.05, 4.69) is 10.2 Å². The molecule has 1 aromatic carbocycles. The van der Waals surface area contributed by atoms with E-state index in [1.165, 1.54) is 6.07 Å². The zero-order valence-corrected chi connectivity index (χ0v) is 12.7. The van der Waals surface area contributed by atoms with Crippen molar-refractivity contribution in [1.29, 1.82) is 0 Å². The van der Waals surface area contributed by atoms with Crippen LogP contribution in [0, 0.1) is 0 Å².